The van der Waals surface area contributed by atoms with Gasteiger partial charge in [-0.1, -0.05) is 66.7 Å². The van der Waals surface area contributed by atoms with E-state index in [1.165, 1.54) is 12.7 Å². The summed E-state index contributed by atoms with van der Waals surface area (Å²) in [6.45, 7) is 0. The molecule has 2 nitrogen and oxygen atoms in total. The van der Waals surface area contributed by atoms with Crippen LogP contribution in [0.2, 0.25) is 0 Å². The minimum atomic E-state index is -0.288. The molecule has 0 aliphatic heterocycles. The number of carbonyl (C=O) groups is 1. The van der Waals surface area contributed by atoms with Crippen LogP contribution >= 0.6 is 0 Å². The monoisotopic (exact) mass is 266 g/mol. The fourth-order valence-corrected chi connectivity index (χ4v) is 2.07. The minimum absolute atomic E-state index is 0.288. The Bertz CT molecular complexity index is 571. The molecule has 0 unspecified atom stereocenters. The number of allylic oxidation sites excluding steroid dienone is 1. The standard InChI is InChI=1S/C18H18O2/c1-20-18(19)17(16-12-6-3-7-13-16)14-8-11-15-9-4-2-5-10-15/h2-7,9-10,12-14H,8,11H2,1H3/b17-14+. The van der Waals surface area contributed by atoms with Gasteiger partial charge >= 0.3 is 5.97 Å². The van der Waals surface area contributed by atoms with E-state index in [-0.39, 0.29) is 5.97 Å². The Balaban J connectivity index is 2.11. The van der Waals surface area contributed by atoms with Gasteiger partial charge in [0.25, 0.3) is 0 Å². The van der Waals surface area contributed by atoms with Gasteiger partial charge in [-0.3, -0.25) is 0 Å². The first-order valence-corrected chi connectivity index (χ1v) is 6.69. The van der Waals surface area contributed by atoms with E-state index in [1.54, 1.807) is 0 Å². The Kier molecular flexibility index (Phi) is 5.13. The molecule has 0 bridgehead atoms. The third-order valence-electron chi connectivity index (χ3n) is 3.11. The maximum atomic E-state index is 11.9. The van der Waals surface area contributed by atoms with Gasteiger partial charge in [-0.25, -0.2) is 4.79 Å². The Hall–Kier alpha value is -2.35. The van der Waals surface area contributed by atoms with Crippen molar-refractivity contribution in [2.45, 2.75) is 12.8 Å². The second kappa shape index (κ2) is 7.29. The average Bonchev–Trinajstić information content (AvgIpc) is 2.53. The SMILES string of the molecule is COC(=O)/C(=C/CCc1ccccc1)c1ccccc1. The van der Waals surface area contributed by atoms with E-state index in [4.69, 9.17) is 4.74 Å². The van der Waals surface area contributed by atoms with Gasteiger partial charge in [0.1, 0.15) is 0 Å². The van der Waals surface area contributed by atoms with Gasteiger partial charge in [0.2, 0.25) is 0 Å². The van der Waals surface area contributed by atoms with Crippen LogP contribution in [0.1, 0.15) is 17.5 Å². The lowest BCUT2D eigenvalue weighted by atomic mass is 10.0. The number of carbonyl (C=O) groups excluding carboxylic acids is 1. The molecule has 2 rings (SSSR count). The van der Waals surface area contributed by atoms with Crippen molar-refractivity contribution >= 4 is 11.5 Å². The summed E-state index contributed by atoms with van der Waals surface area (Å²) < 4.78 is 4.86. The molecule has 0 fully saturated rings. The van der Waals surface area contributed by atoms with Crippen molar-refractivity contribution in [3.05, 3.63) is 77.9 Å². The van der Waals surface area contributed by atoms with Crippen molar-refractivity contribution < 1.29 is 9.53 Å². The van der Waals surface area contributed by atoms with Crippen molar-refractivity contribution in [2.75, 3.05) is 7.11 Å². The molecule has 0 saturated heterocycles. The molecule has 0 saturated carbocycles. The summed E-state index contributed by atoms with van der Waals surface area (Å²) in [6, 6.07) is 19.9. The predicted molar refractivity (Wildman–Crippen MR) is 81.2 cm³/mol. The van der Waals surface area contributed by atoms with Gasteiger partial charge in [0.15, 0.2) is 0 Å². The van der Waals surface area contributed by atoms with Crippen LogP contribution in [-0.4, -0.2) is 13.1 Å². The van der Waals surface area contributed by atoms with Crippen LogP contribution in [-0.2, 0) is 16.0 Å². The van der Waals surface area contributed by atoms with Crippen LogP contribution in [0.5, 0.6) is 0 Å². The number of esters is 1. The van der Waals surface area contributed by atoms with Crippen LogP contribution in [0, 0.1) is 0 Å². The van der Waals surface area contributed by atoms with E-state index in [0.29, 0.717) is 5.57 Å². The van der Waals surface area contributed by atoms with Crippen molar-refractivity contribution in [1.82, 2.24) is 0 Å². The minimum Gasteiger partial charge on any atom is -0.465 e. The molecule has 0 aliphatic rings. The predicted octanol–water partition coefficient (Wildman–Crippen LogP) is 3.88. The Morgan fingerprint density at radius 2 is 1.60 bits per heavy atom. The van der Waals surface area contributed by atoms with E-state index >= 15 is 0 Å². The van der Waals surface area contributed by atoms with E-state index in [2.05, 4.69) is 12.1 Å². The van der Waals surface area contributed by atoms with Gasteiger partial charge in [-0.05, 0) is 24.0 Å². The topological polar surface area (TPSA) is 26.3 Å². The summed E-state index contributed by atoms with van der Waals surface area (Å²) in [5.74, 6) is -0.288. The summed E-state index contributed by atoms with van der Waals surface area (Å²) >= 11 is 0. The molecule has 2 heteroatoms. The molecule has 0 atom stereocenters. The molecule has 102 valence electrons. The van der Waals surface area contributed by atoms with Gasteiger partial charge in [0, 0.05) is 0 Å². The van der Waals surface area contributed by atoms with Crippen molar-refractivity contribution in [3.63, 3.8) is 0 Å². The molecule has 0 radical (unpaired) electrons. The highest BCUT2D eigenvalue weighted by Crippen LogP contribution is 2.17. The molecular formula is C18H18O2. The molecule has 0 aliphatic carbocycles. The second-order valence-electron chi connectivity index (χ2n) is 4.50. The van der Waals surface area contributed by atoms with Crippen LogP contribution in [0.4, 0.5) is 0 Å². The smallest absolute Gasteiger partial charge is 0.338 e. The highest BCUT2D eigenvalue weighted by molar-refractivity contribution is 6.16. The van der Waals surface area contributed by atoms with Crippen LogP contribution in [0.15, 0.2) is 66.7 Å². The first-order chi connectivity index (χ1) is 9.81. The number of hydrogen-bond donors (Lipinski definition) is 0. The van der Waals surface area contributed by atoms with Crippen LogP contribution < -0.4 is 0 Å². The number of aryl methyl sites for hydroxylation is 1. The molecular weight excluding hydrogens is 248 g/mol. The number of ether oxygens (including phenoxy) is 1. The zero-order valence-corrected chi connectivity index (χ0v) is 11.6. The quantitative estimate of drug-likeness (QED) is 0.606. The highest BCUT2D eigenvalue weighted by atomic mass is 16.5. The molecule has 0 aromatic heterocycles. The van der Waals surface area contributed by atoms with Crippen LogP contribution in [0.3, 0.4) is 0 Å². The molecule has 0 heterocycles. The number of benzene rings is 2. The average molecular weight is 266 g/mol. The normalized spacial score (nSPS) is 11.2. The largest absolute Gasteiger partial charge is 0.465 e. The zero-order chi connectivity index (χ0) is 14.2. The zero-order valence-electron chi connectivity index (χ0n) is 11.6. The number of methoxy groups -OCH3 is 1. The van der Waals surface area contributed by atoms with Gasteiger partial charge in [-0.2, -0.15) is 0 Å². The molecule has 0 N–H and O–H groups in total. The fourth-order valence-electron chi connectivity index (χ4n) is 2.07. The third-order valence-corrected chi connectivity index (χ3v) is 3.11. The van der Waals surface area contributed by atoms with Gasteiger partial charge in [-0.15, -0.1) is 0 Å². The molecule has 0 spiro atoms. The summed E-state index contributed by atoms with van der Waals surface area (Å²) in [7, 11) is 1.41. The van der Waals surface area contributed by atoms with E-state index in [1.807, 2.05) is 54.6 Å². The molecule has 2 aromatic carbocycles. The maximum absolute atomic E-state index is 11.9. The van der Waals surface area contributed by atoms with E-state index in [0.717, 1.165) is 18.4 Å². The lowest BCUT2D eigenvalue weighted by Crippen LogP contribution is -2.04. The first kappa shape index (κ1) is 14.1. The third kappa shape index (κ3) is 3.82. The fraction of sp³-hybridized carbons (Fsp3) is 0.167. The van der Waals surface area contributed by atoms with Crippen molar-refractivity contribution in [3.8, 4) is 0 Å². The lowest BCUT2D eigenvalue weighted by Gasteiger charge is -2.06. The Labute approximate surface area is 119 Å². The lowest BCUT2D eigenvalue weighted by molar-refractivity contribution is -0.133. The van der Waals surface area contributed by atoms with E-state index in [9.17, 15) is 4.79 Å². The summed E-state index contributed by atoms with van der Waals surface area (Å²) in [4.78, 5) is 11.9. The number of rotatable bonds is 5. The maximum Gasteiger partial charge on any atom is 0.338 e. The Morgan fingerprint density at radius 1 is 1.00 bits per heavy atom. The molecule has 2 aromatic rings. The van der Waals surface area contributed by atoms with Crippen LogP contribution in [0.25, 0.3) is 5.57 Å². The van der Waals surface area contributed by atoms with Crippen molar-refractivity contribution in [1.29, 1.82) is 0 Å². The number of hydrogen-bond acceptors (Lipinski definition) is 2. The second-order valence-corrected chi connectivity index (χ2v) is 4.50. The summed E-state index contributed by atoms with van der Waals surface area (Å²) in [6.07, 6.45) is 3.67. The Morgan fingerprint density at radius 3 is 2.20 bits per heavy atom. The van der Waals surface area contributed by atoms with Gasteiger partial charge < -0.3 is 4.74 Å². The summed E-state index contributed by atoms with van der Waals surface area (Å²) in [5.41, 5.74) is 2.79. The molecule has 0 amide bonds. The summed E-state index contributed by atoms with van der Waals surface area (Å²) in [5, 5.41) is 0. The first-order valence-electron chi connectivity index (χ1n) is 6.69. The highest BCUT2D eigenvalue weighted by Gasteiger charge is 2.11. The van der Waals surface area contributed by atoms with E-state index < -0.39 is 0 Å². The molecule has 20 heavy (non-hydrogen) atoms. The van der Waals surface area contributed by atoms with Gasteiger partial charge in [0.05, 0.1) is 12.7 Å². The van der Waals surface area contributed by atoms with Crippen molar-refractivity contribution in [2.24, 2.45) is 0 Å².